The highest BCUT2D eigenvalue weighted by Crippen LogP contribution is 2.24. The second kappa shape index (κ2) is 8.58. The molecule has 1 amide bonds. The van der Waals surface area contributed by atoms with Gasteiger partial charge in [-0.3, -0.25) is 14.9 Å². The molecule has 0 bridgehead atoms. The van der Waals surface area contributed by atoms with Crippen LogP contribution in [0, 0.1) is 10.1 Å². The van der Waals surface area contributed by atoms with Crippen molar-refractivity contribution in [1.29, 1.82) is 0 Å². The van der Waals surface area contributed by atoms with Gasteiger partial charge in [0.15, 0.2) is 0 Å². The van der Waals surface area contributed by atoms with E-state index >= 15 is 0 Å². The quantitative estimate of drug-likeness (QED) is 0.435. The van der Waals surface area contributed by atoms with Crippen molar-refractivity contribution in [3.63, 3.8) is 0 Å². The first-order chi connectivity index (χ1) is 10.0. The highest BCUT2D eigenvalue weighted by atomic mass is 79.9. The van der Waals surface area contributed by atoms with Crippen molar-refractivity contribution in [1.82, 2.24) is 5.32 Å². The maximum absolute atomic E-state index is 12.2. The summed E-state index contributed by atoms with van der Waals surface area (Å²) in [4.78, 5) is 22.4. The third-order valence-corrected chi connectivity index (χ3v) is 3.26. The van der Waals surface area contributed by atoms with Crippen LogP contribution in [-0.4, -0.2) is 43.0 Å². The van der Waals surface area contributed by atoms with Crippen LogP contribution in [-0.2, 0) is 4.74 Å². The zero-order chi connectivity index (χ0) is 15.8. The van der Waals surface area contributed by atoms with Gasteiger partial charge in [-0.05, 0) is 12.5 Å². The third kappa shape index (κ3) is 4.98. The van der Waals surface area contributed by atoms with Gasteiger partial charge in [-0.15, -0.1) is 0 Å². The molecule has 0 aliphatic heterocycles. The Labute approximate surface area is 130 Å². The number of halogens is 1. The number of nitrogens with one attached hydrogen (secondary N) is 1. The van der Waals surface area contributed by atoms with E-state index in [0.29, 0.717) is 13.0 Å². The number of rotatable bonds is 8. The Hall–Kier alpha value is -1.67. The molecule has 116 valence electrons. The number of alkyl halides is 1. The fraction of sp³-hybridized carbons (Fsp3) is 0.462. The molecule has 0 radical (unpaired) electrons. The number of hydrogen-bond donors (Lipinski definition) is 1. The van der Waals surface area contributed by atoms with Crippen LogP contribution in [0.1, 0.15) is 16.8 Å². The summed E-state index contributed by atoms with van der Waals surface area (Å²) in [6, 6.07) is 3.73. The Morgan fingerprint density at radius 2 is 2.19 bits per heavy atom. The molecule has 21 heavy (non-hydrogen) atoms. The summed E-state index contributed by atoms with van der Waals surface area (Å²) in [5.41, 5.74) is 0.121. The summed E-state index contributed by atoms with van der Waals surface area (Å²) < 4.78 is 10.1. The van der Waals surface area contributed by atoms with Crippen molar-refractivity contribution >= 4 is 27.5 Å². The van der Waals surface area contributed by atoms with Crippen LogP contribution in [0.4, 0.5) is 5.69 Å². The maximum atomic E-state index is 12.2. The predicted molar refractivity (Wildman–Crippen MR) is 81.2 cm³/mol. The molecular formula is C13H17BrN2O5. The van der Waals surface area contributed by atoms with E-state index in [4.69, 9.17) is 9.47 Å². The Balaban J connectivity index is 2.92. The Morgan fingerprint density at radius 1 is 1.48 bits per heavy atom. The van der Waals surface area contributed by atoms with E-state index in [2.05, 4.69) is 21.2 Å². The molecule has 0 aliphatic rings. The molecular weight excluding hydrogens is 344 g/mol. The number of hydrogen-bond acceptors (Lipinski definition) is 5. The van der Waals surface area contributed by atoms with Crippen molar-refractivity contribution in [2.75, 3.05) is 26.2 Å². The number of carbonyl (C=O) groups excluding carboxylic acids is 1. The first kappa shape index (κ1) is 17.4. The van der Waals surface area contributed by atoms with Crippen LogP contribution in [0.5, 0.6) is 5.75 Å². The summed E-state index contributed by atoms with van der Waals surface area (Å²) >= 11 is 3.31. The van der Waals surface area contributed by atoms with Crippen molar-refractivity contribution < 1.29 is 19.2 Å². The molecule has 0 aliphatic carbocycles. The van der Waals surface area contributed by atoms with Crippen LogP contribution >= 0.6 is 15.9 Å². The normalized spacial score (nSPS) is 11.8. The minimum absolute atomic E-state index is 0.128. The molecule has 1 unspecified atom stereocenters. The standard InChI is InChI=1S/C13H17BrN2O5/c1-20-8-9(5-6-14)15-13(17)11-4-3-10(16(18)19)7-12(11)21-2/h3-4,7,9H,5-6,8H2,1-2H3,(H,15,17). The van der Waals surface area contributed by atoms with Crippen molar-refractivity contribution in [2.45, 2.75) is 12.5 Å². The molecule has 8 heteroatoms. The number of carbonyl (C=O) groups is 1. The van der Waals surface area contributed by atoms with Crippen LogP contribution < -0.4 is 10.1 Å². The highest BCUT2D eigenvalue weighted by molar-refractivity contribution is 9.09. The van der Waals surface area contributed by atoms with Gasteiger partial charge in [0.1, 0.15) is 5.75 Å². The lowest BCUT2D eigenvalue weighted by molar-refractivity contribution is -0.384. The first-order valence-electron chi connectivity index (χ1n) is 6.21. The molecule has 1 aromatic carbocycles. The van der Waals surface area contributed by atoms with E-state index in [-0.39, 0.29) is 28.9 Å². The van der Waals surface area contributed by atoms with Crippen LogP contribution in [0.25, 0.3) is 0 Å². The van der Waals surface area contributed by atoms with Gasteiger partial charge in [-0.1, -0.05) is 15.9 Å². The molecule has 1 N–H and O–H groups in total. The lowest BCUT2D eigenvalue weighted by atomic mass is 10.1. The molecule has 1 atom stereocenters. The highest BCUT2D eigenvalue weighted by Gasteiger charge is 2.19. The second-order valence-corrected chi connectivity index (χ2v) is 5.04. The molecule has 1 rings (SSSR count). The maximum Gasteiger partial charge on any atom is 0.273 e. The van der Waals surface area contributed by atoms with Gasteiger partial charge in [0.05, 0.1) is 36.3 Å². The fourth-order valence-corrected chi connectivity index (χ4v) is 2.33. The van der Waals surface area contributed by atoms with E-state index in [0.717, 1.165) is 5.33 Å². The molecule has 0 saturated heterocycles. The smallest absolute Gasteiger partial charge is 0.273 e. The Morgan fingerprint density at radius 3 is 2.71 bits per heavy atom. The van der Waals surface area contributed by atoms with E-state index < -0.39 is 4.92 Å². The van der Waals surface area contributed by atoms with E-state index in [1.165, 1.54) is 25.3 Å². The Kier molecular flexibility index (Phi) is 7.10. The number of amides is 1. The third-order valence-electron chi connectivity index (χ3n) is 2.80. The largest absolute Gasteiger partial charge is 0.496 e. The van der Waals surface area contributed by atoms with E-state index in [9.17, 15) is 14.9 Å². The lowest BCUT2D eigenvalue weighted by Crippen LogP contribution is -2.38. The van der Waals surface area contributed by atoms with Gasteiger partial charge in [0, 0.05) is 18.5 Å². The number of nitro groups is 1. The van der Waals surface area contributed by atoms with Gasteiger partial charge in [-0.2, -0.15) is 0 Å². The summed E-state index contributed by atoms with van der Waals surface area (Å²) in [6.45, 7) is 0.382. The topological polar surface area (TPSA) is 90.7 Å². The van der Waals surface area contributed by atoms with Gasteiger partial charge >= 0.3 is 0 Å². The number of nitro benzene ring substituents is 1. The fourth-order valence-electron chi connectivity index (χ4n) is 1.77. The minimum atomic E-state index is -0.539. The van der Waals surface area contributed by atoms with Crippen LogP contribution in [0.2, 0.25) is 0 Å². The first-order valence-corrected chi connectivity index (χ1v) is 7.33. The molecule has 0 saturated carbocycles. The van der Waals surface area contributed by atoms with E-state index in [1.807, 2.05) is 0 Å². The zero-order valence-electron chi connectivity index (χ0n) is 11.8. The Bertz CT molecular complexity index is 503. The second-order valence-electron chi connectivity index (χ2n) is 4.25. The summed E-state index contributed by atoms with van der Waals surface area (Å²) in [6.07, 6.45) is 0.703. The van der Waals surface area contributed by atoms with E-state index in [1.54, 1.807) is 7.11 Å². The molecule has 0 aromatic heterocycles. The zero-order valence-corrected chi connectivity index (χ0v) is 13.4. The van der Waals surface area contributed by atoms with Gasteiger partial charge < -0.3 is 14.8 Å². The van der Waals surface area contributed by atoms with Crippen molar-refractivity contribution in [3.8, 4) is 5.75 Å². The number of non-ortho nitro benzene ring substituents is 1. The van der Waals surface area contributed by atoms with Gasteiger partial charge in [-0.25, -0.2) is 0 Å². The lowest BCUT2D eigenvalue weighted by Gasteiger charge is -2.17. The summed E-state index contributed by atoms with van der Waals surface area (Å²) in [5, 5.41) is 14.3. The molecule has 0 fully saturated rings. The summed E-state index contributed by atoms with van der Waals surface area (Å²) in [7, 11) is 2.92. The average molecular weight is 361 g/mol. The van der Waals surface area contributed by atoms with Gasteiger partial charge in [0.25, 0.3) is 11.6 Å². The molecule has 1 aromatic rings. The molecule has 0 heterocycles. The number of ether oxygens (including phenoxy) is 2. The number of benzene rings is 1. The molecule has 0 spiro atoms. The number of nitrogens with zero attached hydrogens (tertiary/aromatic N) is 1. The predicted octanol–water partition coefficient (Wildman–Crippen LogP) is 2.13. The van der Waals surface area contributed by atoms with Crippen molar-refractivity contribution in [2.24, 2.45) is 0 Å². The van der Waals surface area contributed by atoms with Gasteiger partial charge in [0.2, 0.25) is 0 Å². The number of methoxy groups -OCH3 is 2. The minimum Gasteiger partial charge on any atom is -0.496 e. The average Bonchev–Trinajstić information content (AvgIpc) is 2.46. The van der Waals surface area contributed by atoms with Crippen LogP contribution in [0.3, 0.4) is 0 Å². The molecule has 7 nitrogen and oxygen atoms in total. The van der Waals surface area contributed by atoms with Crippen LogP contribution in [0.15, 0.2) is 18.2 Å². The monoisotopic (exact) mass is 360 g/mol. The summed E-state index contributed by atoms with van der Waals surface area (Å²) in [5.74, 6) is -0.193. The van der Waals surface area contributed by atoms with Crippen molar-refractivity contribution in [3.05, 3.63) is 33.9 Å². The SMILES string of the molecule is COCC(CCBr)NC(=O)c1ccc([N+](=O)[O-])cc1OC.